The van der Waals surface area contributed by atoms with Gasteiger partial charge >= 0.3 is 0 Å². The van der Waals surface area contributed by atoms with E-state index >= 15 is 0 Å². The highest BCUT2D eigenvalue weighted by Crippen LogP contribution is 2.38. The Hall–Kier alpha value is -10.4. The first-order valence-electron chi connectivity index (χ1n) is 40.5. The van der Waals surface area contributed by atoms with Crippen LogP contribution in [0.15, 0.2) is 158 Å². The quantitative estimate of drug-likeness (QED) is 0.0248. The average molecular weight is 1400 g/mol. The van der Waals surface area contributed by atoms with Crippen molar-refractivity contribution in [3.8, 4) is 56.3 Å². The standard InChI is InChI=1S/C98H106N8/c1-5-9-13-17-21-25-29-71-59-72(30-26-22-18-14-10-6-2)62-77(61-71)97-91-55-47-83(103-91)65-79-43-51-87(99-79)95(88-52-44-80(100-88)66-84-48-56-92(97)104-84)75-39-35-69(36-40-75)33-34-70-37-41-76(42-38-70)96-89-53-45-81(101-89)67-85-49-57-93(105-85)98(94-58-50-86(106-94)68-82-46-54-90(96)102-82)78-63-73(31-27-23-19-15-11-7-3)60-74(64-78)32-28-24-20-16-12-8-4/h35-68,99,101,104,106H,5-32H2,1-4H3. The second kappa shape index (κ2) is 36.1. The van der Waals surface area contributed by atoms with E-state index in [1.54, 1.807) is 0 Å². The molecular formula is C98H106N8. The van der Waals surface area contributed by atoms with Crippen LogP contribution in [0, 0.1) is 11.8 Å². The van der Waals surface area contributed by atoms with Gasteiger partial charge in [0.05, 0.1) is 45.6 Å². The lowest BCUT2D eigenvalue weighted by Gasteiger charge is -2.12. The molecule has 10 heterocycles. The third kappa shape index (κ3) is 18.8. The summed E-state index contributed by atoms with van der Waals surface area (Å²) < 4.78 is 0. The first-order valence-corrected chi connectivity index (χ1v) is 40.5. The van der Waals surface area contributed by atoms with Gasteiger partial charge in [0.15, 0.2) is 0 Å². The first kappa shape index (κ1) is 72.6. The number of fused-ring (bicyclic) bond motifs is 16. The number of rotatable bonds is 32. The molecule has 8 nitrogen and oxygen atoms in total. The Kier molecular flexibility index (Phi) is 24.7. The maximum absolute atomic E-state index is 5.38. The van der Waals surface area contributed by atoms with Gasteiger partial charge in [-0.3, -0.25) is 0 Å². The third-order valence-electron chi connectivity index (χ3n) is 21.5. The molecule has 4 aromatic carbocycles. The van der Waals surface area contributed by atoms with Gasteiger partial charge < -0.3 is 19.9 Å². The van der Waals surface area contributed by atoms with Gasteiger partial charge in [-0.25, -0.2) is 19.9 Å². The number of hydrogen-bond acceptors (Lipinski definition) is 4. The molecule has 8 heteroatoms. The largest absolute Gasteiger partial charge is 0.355 e. The predicted molar refractivity (Wildman–Crippen MR) is 454 cm³/mol. The fourth-order valence-electron chi connectivity index (χ4n) is 15.8. The van der Waals surface area contributed by atoms with E-state index in [1.807, 2.05) is 0 Å². The van der Waals surface area contributed by atoms with Gasteiger partial charge in [-0.2, -0.15) is 0 Å². The lowest BCUT2D eigenvalue weighted by Crippen LogP contribution is -1.95. The summed E-state index contributed by atoms with van der Waals surface area (Å²) >= 11 is 0. The van der Waals surface area contributed by atoms with Crippen LogP contribution < -0.4 is 0 Å². The zero-order valence-corrected chi connectivity index (χ0v) is 63.2. The van der Waals surface area contributed by atoms with Crippen LogP contribution in [0.2, 0.25) is 0 Å². The highest BCUT2D eigenvalue weighted by molar-refractivity contribution is 5.96. The predicted octanol–water partition coefficient (Wildman–Crippen LogP) is 27.3. The summed E-state index contributed by atoms with van der Waals surface area (Å²) in [5, 5.41) is 0. The molecular weight excluding hydrogens is 1290 g/mol. The topological polar surface area (TPSA) is 115 Å². The van der Waals surface area contributed by atoms with E-state index in [0.29, 0.717) is 0 Å². The molecule has 6 aromatic heterocycles. The van der Waals surface area contributed by atoms with Crippen molar-refractivity contribution in [2.24, 2.45) is 0 Å². The Morgan fingerprint density at radius 2 is 0.481 bits per heavy atom. The number of hydrogen-bond donors (Lipinski definition) is 4. The number of aromatic amines is 4. The fraction of sp³-hybridized carbons (Fsp3) is 0.327. The molecule has 0 fully saturated rings. The van der Waals surface area contributed by atoms with Crippen LogP contribution in [0.25, 0.3) is 137 Å². The molecule has 16 bridgehead atoms. The molecule has 0 unspecified atom stereocenters. The summed E-state index contributed by atoms with van der Waals surface area (Å²) in [6.07, 6.45) is 52.6. The second-order valence-corrected chi connectivity index (χ2v) is 30.0. The normalized spacial score (nSPS) is 12.2. The molecule has 4 aliphatic rings. The Bertz CT molecular complexity index is 4860. The Labute approximate surface area is 629 Å². The van der Waals surface area contributed by atoms with Crippen molar-refractivity contribution < 1.29 is 0 Å². The highest BCUT2D eigenvalue weighted by atomic mass is 14.8. The van der Waals surface area contributed by atoms with Crippen molar-refractivity contribution in [3.05, 3.63) is 237 Å². The number of unbranched alkanes of at least 4 members (excludes halogenated alkanes) is 20. The number of benzene rings is 4. The summed E-state index contributed by atoms with van der Waals surface area (Å²) in [6, 6.07) is 58.0. The highest BCUT2D eigenvalue weighted by Gasteiger charge is 2.19. The minimum Gasteiger partial charge on any atom is -0.355 e. The summed E-state index contributed by atoms with van der Waals surface area (Å²) in [5.74, 6) is 6.98. The maximum Gasteiger partial charge on any atom is 0.0736 e. The SMILES string of the molecule is CCCCCCCCc1cc(CCCCCCCC)cc(-c2c3nc(cc4ccc([nH]4)c(-c4ccc(C#Cc5ccc(-c6c7nc(cc8ccc([nH]8)c(-c8cc(CCCCCCCC)cc(CCCCCCCC)c8)c8nc(cc9ccc6[nH]9)C=C8)C=C7)cc5)cc4)c4nc(cc5ccc2[nH]5)C=C4)C=C3)c1. The van der Waals surface area contributed by atoms with Crippen molar-refractivity contribution in [1.82, 2.24) is 39.9 Å². The van der Waals surface area contributed by atoms with Gasteiger partial charge in [0.1, 0.15) is 0 Å². The molecule has 0 saturated heterocycles. The zero-order chi connectivity index (χ0) is 72.2. The van der Waals surface area contributed by atoms with Crippen LogP contribution in [0.5, 0.6) is 0 Å². The number of aryl methyl sites for hydroxylation is 4. The van der Waals surface area contributed by atoms with Crippen LogP contribution >= 0.6 is 0 Å². The van der Waals surface area contributed by atoms with Gasteiger partial charge in [0.2, 0.25) is 0 Å². The molecule has 538 valence electrons. The van der Waals surface area contributed by atoms with Crippen molar-refractivity contribution in [2.45, 2.75) is 207 Å². The third-order valence-corrected chi connectivity index (χ3v) is 21.5. The number of nitrogens with zero attached hydrogens (tertiary/aromatic N) is 4. The van der Waals surface area contributed by atoms with Crippen LogP contribution in [-0.4, -0.2) is 39.9 Å². The molecule has 4 N–H and O–H groups in total. The Morgan fingerprint density at radius 3 is 0.745 bits per heavy atom. The molecule has 4 aliphatic heterocycles. The Balaban J connectivity index is 0.736. The molecule has 0 radical (unpaired) electrons. The number of H-pyrrole nitrogens is 4. The van der Waals surface area contributed by atoms with E-state index < -0.39 is 0 Å². The molecule has 0 saturated carbocycles. The molecule has 14 rings (SSSR count). The summed E-state index contributed by atoms with van der Waals surface area (Å²) in [4.78, 5) is 36.6. The van der Waals surface area contributed by atoms with E-state index in [4.69, 9.17) is 19.9 Å². The van der Waals surface area contributed by atoms with Crippen LogP contribution in [-0.2, 0) is 25.7 Å². The molecule has 0 amide bonds. The molecule has 0 spiro atoms. The minimum atomic E-state index is 0.887. The monoisotopic (exact) mass is 1390 g/mol. The molecule has 0 aliphatic carbocycles. The van der Waals surface area contributed by atoms with Crippen molar-refractivity contribution in [1.29, 1.82) is 0 Å². The van der Waals surface area contributed by atoms with Crippen molar-refractivity contribution in [3.63, 3.8) is 0 Å². The van der Waals surface area contributed by atoms with E-state index in [9.17, 15) is 0 Å². The Morgan fingerprint density at radius 1 is 0.236 bits per heavy atom. The van der Waals surface area contributed by atoms with Gasteiger partial charge in [0.25, 0.3) is 0 Å². The van der Waals surface area contributed by atoms with Crippen LogP contribution in [0.3, 0.4) is 0 Å². The molecule has 0 atom stereocenters. The smallest absolute Gasteiger partial charge is 0.0736 e. The van der Waals surface area contributed by atoms with Crippen molar-refractivity contribution >= 4 is 92.7 Å². The van der Waals surface area contributed by atoms with Gasteiger partial charge in [-0.1, -0.05) is 229 Å². The van der Waals surface area contributed by atoms with Crippen LogP contribution in [0.4, 0.5) is 0 Å². The second-order valence-electron chi connectivity index (χ2n) is 30.0. The fourth-order valence-corrected chi connectivity index (χ4v) is 15.8. The number of aromatic nitrogens is 8. The lowest BCUT2D eigenvalue weighted by atomic mass is 9.93. The average Bonchev–Trinajstić information content (AvgIpc) is 1.70. The number of nitrogens with one attached hydrogen (secondary N) is 4. The first-order chi connectivity index (χ1) is 52.3. The summed E-state index contributed by atoms with van der Waals surface area (Å²) in [6.45, 7) is 9.19. The zero-order valence-electron chi connectivity index (χ0n) is 63.2. The minimum absolute atomic E-state index is 0.887. The van der Waals surface area contributed by atoms with Gasteiger partial charge in [-0.15, -0.1) is 0 Å². The summed E-state index contributed by atoms with van der Waals surface area (Å²) in [5.41, 5.74) is 31.7. The van der Waals surface area contributed by atoms with Gasteiger partial charge in [-0.05, 0) is 242 Å². The van der Waals surface area contributed by atoms with Gasteiger partial charge in [0, 0.05) is 77.5 Å². The van der Waals surface area contributed by atoms with E-state index in [1.165, 1.54) is 187 Å². The lowest BCUT2D eigenvalue weighted by molar-refractivity contribution is 0.605. The van der Waals surface area contributed by atoms with Crippen molar-refractivity contribution in [2.75, 3.05) is 0 Å². The molecule has 10 aromatic rings. The van der Waals surface area contributed by atoms with E-state index in [0.717, 1.165) is 160 Å². The van der Waals surface area contributed by atoms with E-state index in [2.05, 4.69) is 266 Å². The van der Waals surface area contributed by atoms with Crippen LogP contribution in [0.1, 0.15) is 261 Å². The maximum atomic E-state index is 5.38. The summed E-state index contributed by atoms with van der Waals surface area (Å²) in [7, 11) is 0. The molecule has 106 heavy (non-hydrogen) atoms. The van der Waals surface area contributed by atoms with E-state index in [-0.39, 0.29) is 0 Å².